The maximum atomic E-state index is 12.9. The van der Waals surface area contributed by atoms with E-state index < -0.39 is 60.4 Å². The number of hydrogen-bond acceptors (Lipinski definition) is 7. The standard InChI is InChI=1S/C20H37N5O7/c1-10(2)7-12(21)17(28)24-14(8-11(3)4)19(30)23-13(5-6-16(22)27)18(29)25-15(9-26)20(31)32/h10-15,26H,5-9,21H2,1-4H3,(H2,22,27)(H,23,30)(H,24,28)(H,25,29)(H,31,32). The van der Waals surface area contributed by atoms with Gasteiger partial charge in [-0.25, -0.2) is 4.79 Å². The summed E-state index contributed by atoms with van der Waals surface area (Å²) in [7, 11) is 0. The highest BCUT2D eigenvalue weighted by Crippen LogP contribution is 2.09. The van der Waals surface area contributed by atoms with Crippen LogP contribution in [-0.2, 0) is 24.0 Å². The van der Waals surface area contributed by atoms with Crippen LogP contribution in [0.5, 0.6) is 0 Å². The highest BCUT2D eigenvalue weighted by molar-refractivity contribution is 5.94. The molecule has 12 nitrogen and oxygen atoms in total. The number of carbonyl (C=O) groups is 5. The Morgan fingerprint density at radius 1 is 0.781 bits per heavy atom. The first-order valence-electron chi connectivity index (χ1n) is 10.6. The highest BCUT2D eigenvalue weighted by Gasteiger charge is 2.30. The van der Waals surface area contributed by atoms with E-state index in [0.717, 1.165) is 0 Å². The van der Waals surface area contributed by atoms with E-state index in [-0.39, 0.29) is 31.1 Å². The van der Waals surface area contributed by atoms with Crippen molar-refractivity contribution < 1.29 is 34.2 Å². The Morgan fingerprint density at radius 2 is 1.25 bits per heavy atom. The molecule has 4 unspecified atom stereocenters. The summed E-state index contributed by atoms with van der Waals surface area (Å²) in [4.78, 5) is 60.0. The molecule has 0 aliphatic carbocycles. The van der Waals surface area contributed by atoms with Crippen molar-refractivity contribution in [2.45, 2.75) is 77.5 Å². The first-order chi connectivity index (χ1) is 14.8. The SMILES string of the molecule is CC(C)CC(N)C(=O)NC(CC(C)C)C(=O)NC(CCC(N)=O)C(=O)NC(CO)C(=O)O. The Balaban J connectivity index is 5.47. The van der Waals surface area contributed by atoms with E-state index in [2.05, 4.69) is 16.0 Å². The summed E-state index contributed by atoms with van der Waals surface area (Å²) in [5.41, 5.74) is 11.0. The molecule has 32 heavy (non-hydrogen) atoms. The molecule has 0 aromatic carbocycles. The Kier molecular flexibility index (Phi) is 13.1. The summed E-state index contributed by atoms with van der Waals surface area (Å²) in [5, 5.41) is 25.3. The van der Waals surface area contributed by atoms with Crippen LogP contribution in [0.4, 0.5) is 0 Å². The summed E-state index contributed by atoms with van der Waals surface area (Å²) in [5.74, 6) is -4.12. The molecule has 9 N–H and O–H groups in total. The Bertz CT molecular complexity index is 669. The van der Waals surface area contributed by atoms with Crippen molar-refractivity contribution >= 4 is 29.6 Å². The van der Waals surface area contributed by atoms with Crippen LogP contribution in [0.1, 0.15) is 53.4 Å². The van der Waals surface area contributed by atoms with E-state index in [1.54, 1.807) is 0 Å². The van der Waals surface area contributed by atoms with Gasteiger partial charge < -0.3 is 37.6 Å². The minimum absolute atomic E-state index is 0.0102. The number of nitrogens with one attached hydrogen (secondary N) is 3. The predicted molar refractivity (Wildman–Crippen MR) is 116 cm³/mol. The zero-order valence-electron chi connectivity index (χ0n) is 19.1. The van der Waals surface area contributed by atoms with Gasteiger partial charge in [-0.15, -0.1) is 0 Å². The first-order valence-corrected chi connectivity index (χ1v) is 10.6. The number of hydrogen-bond donors (Lipinski definition) is 7. The fourth-order valence-electron chi connectivity index (χ4n) is 2.88. The fourth-order valence-corrected chi connectivity index (χ4v) is 2.88. The third kappa shape index (κ3) is 11.6. The van der Waals surface area contributed by atoms with Crippen LogP contribution in [0.25, 0.3) is 0 Å². The lowest BCUT2D eigenvalue weighted by Crippen LogP contribution is -2.57. The minimum atomic E-state index is -1.59. The van der Waals surface area contributed by atoms with Crippen molar-refractivity contribution in [1.82, 2.24) is 16.0 Å². The molecule has 12 heteroatoms. The third-order valence-electron chi connectivity index (χ3n) is 4.51. The lowest BCUT2D eigenvalue weighted by molar-refractivity contribution is -0.143. The van der Waals surface area contributed by atoms with Crippen LogP contribution in [0, 0.1) is 11.8 Å². The lowest BCUT2D eigenvalue weighted by Gasteiger charge is -2.26. The van der Waals surface area contributed by atoms with Crippen molar-refractivity contribution in [3.63, 3.8) is 0 Å². The average Bonchev–Trinajstić information content (AvgIpc) is 2.66. The van der Waals surface area contributed by atoms with Gasteiger partial charge in [-0.05, 0) is 31.1 Å². The molecular weight excluding hydrogens is 422 g/mol. The number of carboxylic acids is 1. The molecule has 0 rings (SSSR count). The second-order valence-corrected chi connectivity index (χ2v) is 8.57. The number of carboxylic acid groups (broad SMARTS) is 1. The molecule has 0 radical (unpaired) electrons. The molecule has 0 spiro atoms. The number of amides is 4. The van der Waals surface area contributed by atoms with Crippen molar-refractivity contribution in [2.75, 3.05) is 6.61 Å². The van der Waals surface area contributed by atoms with Gasteiger partial charge in [-0.2, -0.15) is 0 Å². The highest BCUT2D eigenvalue weighted by atomic mass is 16.4. The topological polar surface area (TPSA) is 214 Å². The van der Waals surface area contributed by atoms with Gasteiger partial charge >= 0.3 is 5.97 Å². The molecule has 0 fully saturated rings. The summed E-state index contributed by atoms with van der Waals surface area (Å²) < 4.78 is 0. The molecule has 4 amide bonds. The minimum Gasteiger partial charge on any atom is -0.480 e. The normalized spacial score (nSPS) is 14.9. The summed E-state index contributed by atoms with van der Waals surface area (Å²) in [6, 6.07) is -4.71. The molecule has 0 saturated carbocycles. The van der Waals surface area contributed by atoms with E-state index in [4.69, 9.17) is 21.7 Å². The molecule has 184 valence electrons. The van der Waals surface area contributed by atoms with Gasteiger partial charge in [0.2, 0.25) is 23.6 Å². The predicted octanol–water partition coefficient (Wildman–Crippen LogP) is -1.80. The van der Waals surface area contributed by atoms with Crippen LogP contribution in [-0.4, -0.2) is 70.6 Å². The first kappa shape index (κ1) is 29.3. The zero-order chi connectivity index (χ0) is 25.0. The molecule has 0 saturated heterocycles. The number of primary amides is 1. The van der Waals surface area contributed by atoms with Gasteiger partial charge in [0, 0.05) is 6.42 Å². The summed E-state index contributed by atoms with van der Waals surface area (Å²) >= 11 is 0. The molecule has 0 aromatic heterocycles. The number of carbonyl (C=O) groups excluding carboxylic acids is 4. The summed E-state index contributed by atoms with van der Waals surface area (Å²) in [6.07, 6.45) is 0.226. The smallest absolute Gasteiger partial charge is 0.328 e. The van der Waals surface area contributed by atoms with Crippen molar-refractivity contribution in [3.8, 4) is 0 Å². The Hall–Kier alpha value is -2.73. The number of nitrogens with two attached hydrogens (primary N) is 2. The van der Waals surface area contributed by atoms with Gasteiger partial charge in [0.25, 0.3) is 0 Å². The zero-order valence-corrected chi connectivity index (χ0v) is 19.1. The molecule has 4 atom stereocenters. The van der Waals surface area contributed by atoms with Gasteiger partial charge in [0.05, 0.1) is 12.6 Å². The Morgan fingerprint density at radius 3 is 1.69 bits per heavy atom. The van der Waals surface area contributed by atoms with Gasteiger partial charge in [-0.1, -0.05) is 27.7 Å². The maximum absolute atomic E-state index is 12.9. The largest absolute Gasteiger partial charge is 0.480 e. The van der Waals surface area contributed by atoms with Gasteiger partial charge in [0.1, 0.15) is 18.1 Å². The van der Waals surface area contributed by atoms with Crippen molar-refractivity contribution in [2.24, 2.45) is 23.3 Å². The fraction of sp³-hybridized carbons (Fsp3) is 0.750. The van der Waals surface area contributed by atoms with Crippen molar-refractivity contribution in [3.05, 3.63) is 0 Å². The second-order valence-electron chi connectivity index (χ2n) is 8.57. The van der Waals surface area contributed by atoms with Crippen molar-refractivity contribution in [1.29, 1.82) is 0 Å². The van der Waals surface area contributed by atoms with Crippen LogP contribution in [0.2, 0.25) is 0 Å². The summed E-state index contributed by atoms with van der Waals surface area (Å²) in [6.45, 7) is 6.64. The van der Waals surface area contributed by atoms with E-state index in [1.165, 1.54) is 0 Å². The number of rotatable bonds is 15. The second kappa shape index (κ2) is 14.4. The van der Waals surface area contributed by atoms with Crippen LogP contribution >= 0.6 is 0 Å². The number of aliphatic hydroxyl groups excluding tert-OH is 1. The average molecular weight is 460 g/mol. The molecule has 0 aliphatic rings. The number of aliphatic carboxylic acids is 1. The third-order valence-corrected chi connectivity index (χ3v) is 4.51. The van der Waals surface area contributed by atoms with E-state index >= 15 is 0 Å². The molecule has 0 bridgehead atoms. The van der Waals surface area contributed by atoms with Gasteiger partial charge in [-0.3, -0.25) is 19.2 Å². The number of aliphatic hydroxyl groups is 1. The van der Waals surface area contributed by atoms with Crippen LogP contribution in [0.3, 0.4) is 0 Å². The molecular formula is C20H37N5O7. The molecule has 0 aromatic rings. The van der Waals surface area contributed by atoms with Crippen LogP contribution in [0.15, 0.2) is 0 Å². The molecule has 0 heterocycles. The van der Waals surface area contributed by atoms with E-state index in [9.17, 15) is 24.0 Å². The lowest BCUT2D eigenvalue weighted by atomic mass is 10.00. The molecule has 0 aliphatic heterocycles. The van der Waals surface area contributed by atoms with Gasteiger partial charge in [0.15, 0.2) is 0 Å². The monoisotopic (exact) mass is 459 g/mol. The van der Waals surface area contributed by atoms with E-state index in [0.29, 0.717) is 6.42 Å². The maximum Gasteiger partial charge on any atom is 0.328 e. The Labute approximate surface area is 187 Å². The quantitative estimate of drug-likeness (QED) is 0.148. The van der Waals surface area contributed by atoms with E-state index in [1.807, 2.05) is 27.7 Å². The van der Waals surface area contributed by atoms with Crippen LogP contribution < -0.4 is 27.4 Å².